The number of nitrogens with zero attached hydrogens (tertiary/aromatic N) is 2. The van der Waals surface area contributed by atoms with E-state index in [0.29, 0.717) is 6.61 Å². The van der Waals surface area contributed by atoms with Crippen molar-refractivity contribution in [3.63, 3.8) is 0 Å². The molecule has 0 aliphatic carbocycles. The molecule has 0 aliphatic heterocycles. The summed E-state index contributed by atoms with van der Waals surface area (Å²) in [6, 6.07) is 6.39. The van der Waals surface area contributed by atoms with E-state index >= 15 is 0 Å². The molecule has 0 saturated heterocycles. The predicted octanol–water partition coefficient (Wildman–Crippen LogP) is 3.49. The second-order valence-corrected chi connectivity index (χ2v) is 5.97. The minimum absolute atomic E-state index is 0.537. The minimum Gasteiger partial charge on any atom is -0.485 e. The summed E-state index contributed by atoms with van der Waals surface area (Å²) in [5.74, 6) is 0.876. The number of hydrogen-bond acceptors (Lipinski definition) is 3. The fourth-order valence-electron chi connectivity index (χ4n) is 2.20. The molecule has 0 spiro atoms. The zero-order chi connectivity index (χ0) is 15.4. The van der Waals surface area contributed by atoms with Crippen LogP contribution in [-0.2, 0) is 20.2 Å². The molecule has 5 heteroatoms. The van der Waals surface area contributed by atoms with Crippen LogP contribution in [0.15, 0.2) is 22.7 Å². The van der Waals surface area contributed by atoms with E-state index in [4.69, 9.17) is 4.74 Å². The first-order valence-electron chi connectivity index (χ1n) is 7.14. The summed E-state index contributed by atoms with van der Waals surface area (Å²) in [6.45, 7) is 8.49. The van der Waals surface area contributed by atoms with E-state index in [0.717, 1.165) is 40.3 Å². The van der Waals surface area contributed by atoms with Gasteiger partial charge in [-0.2, -0.15) is 5.10 Å². The molecule has 1 aromatic heterocycles. The highest BCUT2D eigenvalue weighted by atomic mass is 79.9. The second kappa shape index (κ2) is 7.09. The maximum absolute atomic E-state index is 5.95. The van der Waals surface area contributed by atoms with Crippen molar-refractivity contribution in [3.8, 4) is 5.75 Å². The lowest BCUT2D eigenvalue weighted by molar-refractivity contribution is 0.301. The summed E-state index contributed by atoms with van der Waals surface area (Å²) in [6.07, 6.45) is 0. The molecule has 114 valence electrons. The number of halogens is 1. The number of rotatable bonds is 6. The molecular formula is C16H22BrN3O. The van der Waals surface area contributed by atoms with Crippen LogP contribution in [0, 0.1) is 13.8 Å². The molecule has 0 amide bonds. The van der Waals surface area contributed by atoms with Gasteiger partial charge in [0, 0.05) is 23.6 Å². The smallest absolute Gasteiger partial charge is 0.163 e. The fraction of sp³-hybridized carbons (Fsp3) is 0.438. The highest BCUT2D eigenvalue weighted by molar-refractivity contribution is 9.10. The van der Waals surface area contributed by atoms with Crippen LogP contribution in [0.3, 0.4) is 0 Å². The van der Waals surface area contributed by atoms with Crippen LogP contribution >= 0.6 is 15.9 Å². The number of aromatic nitrogens is 2. The van der Waals surface area contributed by atoms with E-state index in [9.17, 15) is 0 Å². The van der Waals surface area contributed by atoms with E-state index < -0.39 is 0 Å². The van der Waals surface area contributed by atoms with Crippen molar-refractivity contribution >= 4 is 15.9 Å². The predicted molar refractivity (Wildman–Crippen MR) is 88.5 cm³/mol. The Bertz CT molecular complexity index is 622. The van der Waals surface area contributed by atoms with Gasteiger partial charge >= 0.3 is 0 Å². The van der Waals surface area contributed by atoms with Gasteiger partial charge in [0.1, 0.15) is 12.3 Å². The third kappa shape index (κ3) is 3.86. The summed E-state index contributed by atoms with van der Waals surface area (Å²) in [5.41, 5.74) is 4.38. The third-order valence-electron chi connectivity index (χ3n) is 3.51. The Balaban J connectivity index is 2.06. The highest BCUT2D eigenvalue weighted by Crippen LogP contribution is 2.25. The van der Waals surface area contributed by atoms with E-state index in [1.54, 1.807) is 0 Å². The molecule has 2 rings (SSSR count). The van der Waals surface area contributed by atoms with Crippen LogP contribution in [-0.4, -0.2) is 16.3 Å². The SMILES string of the molecule is CCNCc1ccc(COc2c(C)nn(C)c2C)c(Br)c1. The average molecular weight is 352 g/mol. The van der Waals surface area contributed by atoms with Gasteiger partial charge < -0.3 is 10.1 Å². The Morgan fingerprint density at radius 1 is 1.33 bits per heavy atom. The quantitative estimate of drug-likeness (QED) is 0.865. The lowest BCUT2D eigenvalue weighted by Crippen LogP contribution is -2.11. The van der Waals surface area contributed by atoms with Gasteiger partial charge in [-0.1, -0.05) is 35.0 Å². The standard InChI is InChI=1S/C16H22BrN3O/c1-5-18-9-13-6-7-14(15(17)8-13)10-21-16-11(2)19-20(4)12(16)3/h6-8,18H,5,9-10H2,1-4H3. The molecule has 0 atom stereocenters. The van der Waals surface area contributed by atoms with E-state index in [1.165, 1.54) is 5.56 Å². The molecule has 0 unspecified atom stereocenters. The first-order chi connectivity index (χ1) is 10.0. The van der Waals surface area contributed by atoms with Gasteiger partial charge in [-0.05, 0) is 32.0 Å². The Kier molecular flexibility index (Phi) is 5.42. The van der Waals surface area contributed by atoms with Gasteiger partial charge in [0.2, 0.25) is 0 Å². The lowest BCUT2D eigenvalue weighted by Gasteiger charge is -2.10. The number of ether oxygens (including phenoxy) is 1. The molecule has 0 saturated carbocycles. The van der Waals surface area contributed by atoms with Crippen molar-refractivity contribution < 1.29 is 4.74 Å². The Morgan fingerprint density at radius 2 is 2.10 bits per heavy atom. The Hall–Kier alpha value is -1.33. The van der Waals surface area contributed by atoms with Crippen LogP contribution in [0.1, 0.15) is 29.4 Å². The topological polar surface area (TPSA) is 39.1 Å². The molecule has 0 fully saturated rings. The molecule has 1 heterocycles. The average Bonchev–Trinajstić information content (AvgIpc) is 2.69. The minimum atomic E-state index is 0.537. The molecule has 0 bridgehead atoms. The summed E-state index contributed by atoms with van der Waals surface area (Å²) >= 11 is 3.63. The second-order valence-electron chi connectivity index (χ2n) is 5.12. The molecule has 0 aliphatic rings. The molecule has 1 aromatic carbocycles. The van der Waals surface area contributed by atoms with Crippen LogP contribution in [0.25, 0.3) is 0 Å². The highest BCUT2D eigenvalue weighted by Gasteiger charge is 2.11. The molecule has 2 aromatic rings. The van der Waals surface area contributed by atoms with Gasteiger partial charge in [0.05, 0.1) is 5.69 Å². The van der Waals surface area contributed by atoms with Gasteiger partial charge in [-0.25, -0.2) is 0 Å². The number of hydrogen-bond donors (Lipinski definition) is 1. The summed E-state index contributed by atoms with van der Waals surface area (Å²) in [4.78, 5) is 0. The summed E-state index contributed by atoms with van der Waals surface area (Å²) in [5, 5.41) is 7.69. The van der Waals surface area contributed by atoms with E-state index in [2.05, 4.69) is 51.5 Å². The van der Waals surface area contributed by atoms with Crippen molar-refractivity contribution in [2.45, 2.75) is 33.9 Å². The Morgan fingerprint density at radius 3 is 2.67 bits per heavy atom. The van der Waals surface area contributed by atoms with Crippen LogP contribution in [0.2, 0.25) is 0 Å². The van der Waals surface area contributed by atoms with Crippen LogP contribution in [0.4, 0.5) is 0 Å². The lowest BCUT2D eigenvalue weighted by atomic mass is 10.1. The fourth-order valence-corrected chi connectivity index (χ4v) is 2.74. The first kappa shape index (κ1) is 16.0. The van der Waals surface area contributed by atoms with Gasteiger partial charge in [0.25, 0.3) is 0 Å². The summed E-state index contributed by atoms with van der Waals surface area (Å²) in [7, 11) is 1.93. The van der Waals surface area contributed by atoms with Crippen molar-refractivity contribution in [3.05, 3.63) is 45.2 Å². The molecule has 4 nitrogen and oxygen atoms in total. The van der Waals surface area contributed by atoms with Crippen molar-refractivity contribution in [2.75, 3.05) is 6.54 Å². The zero-order valence-electron chi connectivity index (χ0n) is 13.0. The molecule has 1 N–H and O–H groups in total. The zero-order valence-corrected chi connectivity index (χ0v) is 14.6. The van der Waals surface area contributed by atoms with Gasteiger partial charge in [-0.15, -0.1) is 0 Å². The molecule has 0 radical (unpaired) electrons. The third-order valence-corrected chi connectivity index (χ3v) is 4.25. The van der Waals surface area contributed by atoms with E-state index in [-0.39, 0.29) is 0 Å². The maximum atomic E-state index is 5.95. The van der Waals surface area contributed by atoms with Crippen molar-refractivity contribution in [2.24, 2.45) is 7.05 Å². The number of benzene rings is 1. The molecular weight excluding hydrogens is 330 g/mol. The molecule has 21 heavy (non-hydrogen) atoms. The van der Waals surface area contributed by atoms with Crippen molar-refractivity contribution in [1.29, 1.82) is 0 Å². The van der Waals surface area contributed by atoms with Crippen molar-refractivity contribution in [1.82, 2.24) is 15.1 Å². The van der Waals surface area contributed by atoms with Gasteiger partial charge in [-0.3, -0.25) is 4.68 Å². The maximum Gasteiger partial charge on any atom is 0.163 e. The summed E-state index contributed by atoms with van der Waals surface area (Å²) < 4.78 is 8.87. The van der Waals surface area contributed by atoms with Crippen LogP contribution < -0.4 is 10.1 Å². The van der Waals surface area contributed by atoms with Gasteiger partial charge in [0.15, 0.2) is 5.75 Å². The normalized spacial score (nSPS) is 10.9. The Labute approximate surface area is 134 Å². The van der Waals surface area contributed by atoms with Crippen LogP contribution in [0.5, 0.6) is 5.75 Å². The number of aryl methyl sites for hydroxylation is 2. The largest absolute Gasteiger partial charge is 0.485 e. The van der Waals surface area contributed by atoms with E-state index in [1.807, 2.05) is 25.6 Å². The number of nitrogens with one attached hydrogen (secondary N) is 1. The monoisotopic (exact) mass is 351 g/mol. The first-order valence-corrected chi connectivity index (χ1v) is 7.93.